The molecule has 0 aliphatic heterocycles. The van der Waals surface area contributed by atoms with Crippen LogP contribution in [0.4, 0.5) is 0 Å². The van der Waals surface area contributed by atoms with Gasteiger partial charge in [-0.15, -0.1) is 0 Å². The van der Waals surface area contributed by atoms with Crippen molar-refractivity contribution in [2.75, 3.05) is 54.1 Å². The van der Waals surface area contributed by atoms with E-state index >= 15 is 0 Å². The first-order valence-electron chi connectivity index (χ1n) is 13.8. The van der Waals surface area contributed by atoms with Crippen molar-refractivity contribution in [3.63, 3.8) is 0 Å². The molecule has 0 heterocycles. The summed E-state index contributed by atoms with van der Waals surface area (Å²) in [5.41, 5.74) is 0. The predicted molar refractivity (Wildman–Crippen MR) is 141 cm³/mol. The Hall–Kier alpha value is -0.0100. The topological polar surface area (TPSA) is 85.2 Å². The third-order valence-corrected chi connectivity index (χ3v) is 6.88. The van der Waals surface area contributed by atoms with E-state index in [-0.39, 0.29) is 19.8 Å². The molecule has 0 radical (unpaired) electrons. The fourth-order valence-corrected chi connectivity index (χ4v) is 4.41. The number of phosphoric ester groups is 1. The highest BCUT2D eigenvalue weighted by molar-refractivity contribution is 7.47. The van der Waals surface area contributed by atoms with Gasteiger partial charge in [0.25, 0.3) is 0 Å². The van der Waals surface area contributed by atoms with Gasteiger partial charge in [-0.2, -0.15) is 0 Å². The highest BCUT2D eigenvalue weighted by atomic mass is 31.2. The minimum absolute atomic E-state index is 0.0949. The van der Waals surface area contributed by atoms with Crippen LogP contribution < -0.4 is 0 Å². The third-order valence-electron chi connectivity index (χ3n) is 5.90. The van der Waals surface area contributed by atoms with Gasteiger partial charge in [0.2, 0.25) is 0 Å². The van der Waals surface area contributed by atoms with E-state index in [0.717, 1.165) is 12.8 Å². The average Bonchev–Trinajstić information content (AvgIpc) is 2.76. The molecule has 0 spiro atoms. The normalized spacial score (nSPS) is 14.9. The van der Waals surface area contributed by atoms with Crippen molar-refractivity contribution >= 4 is 7.82 Å². The van der Waals surface area contributed by atoms with Gasteiger partial charge in [-0.05, 0) is 6.42 Å². The molecule has 0 aromatic carbocycles. The number of hydrogen-bond acceptors (Lipinski definition) is 5. The Morgan fingerprint density at radius 1 is 0.676 bits per heavy atom. The average molecular weight is 511 g/mol. The fraction of sp³-hybridized carbons (Fsp3) is 1.00. The van der Waals surface area contributed by atoms with E-state index in [1.165, 1.54) is 89.9 Å². The van der Waals surface area contributed by atoms with Crippen molar-refractivity contribution in [1.82, 2.24) is 0 Å². The lowest BCUT2D eigenvalue weighted by Crippen LogP contribution is -2.37. The van der Waals surface area contributed by atoms with Crippen LogP contribution >= 0.6 is 7.82 Å². The van der Waals surface area contributed by atoms with Crippen LogP contribution in [0.3, 0.4) is 0 Å². The number of ether oxygens (including phenoxy) is 1. The number of aliphatic hydroxyl groups is 1. The zero-order valence-corrected chi connectivity index (χ0v) is 23.7. The second-order valence-electron chi connectivity index (χ2n) is 10.6. The number of unbranched alkanes of at least 4 members (excludes halogenated alkanes) is 15. The summed E-state index contributed by atoms with van der Waals surface area (Å²) in [6.07, 6.45) is 20.4. The van der Waals surface area contributed by atoms with E-state index in [1.54, 1.807) is 0 Å². The van der Waals surface area contributed by atoms with Crippen LogP contribution in [0, 0.1) is 0 Å². The van der Waals surface area contributed by atoms with E-state index in [0.29, 0.717) is 17.6 Å². The molecule has 0 rings (SSSR count). The maximum Gasteiger partial charge on any atom is 0.472 e. The summed E-state index contributed by atoms with van der Waals surface area (Å²) in [5, 5.41) is 9.86. The molecule has 2 atom stereocenters. The van der Waals surface area contributed by atoms with Crippen molar-refractivity contribution in [3.05, 3.63) is 0 Å². The van der Waals surface area contributed by atoms with Crippen LogP contribution in [0.15, 0.2) is 0 Å². The van der Waals surface area contributed by atoms with Gasteiger partial charge in [0.1, 0.15) is 19.3 Å². The molecule has 0 aromatic heterocycles. The molecule has 0 saturated carbocycles. The molecule has 0 aliphatic carbocycles. The minimum atomic E-state index is -4.14. The lowest BCUT2D eigenvalue weighted by Gasteiger charge is -2.24. The van der Waals surface area contributed by atoms with Crippen LogP contribution in [0.5, 0.6) is 0 Å². The zero-order chi connectivity index (χ0) is 25.5. The number of likely N-dealkylation sites (N-methyl/N-ethyl adjacent to an activating group) is 1. The van der Waals surface area contributed by atoms with Crippen LogP contribution in [0.25, 0.3) is 0 Å². The fourth-order valence-electron chi connectivity index (χ4n) is 3.67. The number of nitrogens with zero attached hydrogens (tertiary/aromatic N) is 1. The molecule has 8 heteroatoms. The number of rotatable bonds is 26. The Balaban J connectivity index is 3.37. The van der Waals surface area contributed by atoms with Gasteiger partial charge in [0, 0.05) is 6.61 Å². The lowest BCUT2D eigenvalue weighted by molar-refractivity contribution is -0.870. The molecule has 2 unspecified atom stereocenters. The maximum atomic E-state index is 11.8. The Kier molecular flexibility index (Phi) is 22.2. The SMILES string of the molecule is CCCCCCCCCCCCCCCCCCOCC(O)COP(=O)(O)OCC[N+](C)(C)C. The monoisotopic (exact) mass is 510 g/mol. The number of aliphatic hydroxyl groups excluding tert-OH is 1. The molecule has 2 N–H and O–H groups in total. The molecule has 34 heavy (non-hydrogen) atoms. The summed E-state index contributed by atoms with van der Waals surface area (Å²) in [6.45, 7) is 3.37. The standard InChI is InChI=1S/C26H56NO6P/c1-5-6-7-8-9-10-11-12-13-14-15-16-17-18-19-20-22-31-24-26(28)25-33-34(29,30)32-23-21-27(2,3)4/h26,28H,5-25H2,1-4H3/p+1. The first-order chi connectivity index (χ1) is 16.2. The second-order valence-corrected chi connectivity index (χ2v) is 12.1. The van der Waals surface area contributed by atoms with Gasteiger partial charge in [0.05, 0.1) is 34.4 Å². The smallest absolute Gasteiger partial charge is 0.388 e. The van der Waals surface area contributed by atoms with Gasteiger partial charge in [0.15, 0.2) is 0 Å². The zero-order valence-electron chi connectivity index (χ0n) is 22.8. The van der Waals surface area contributed by atoms with Crippen molar-refractivity contribution in [1.29, 1.82) is 0 Å². The summed E-state index contributed by atoms with van der Waals surface area (Å²) >= 11 is 0. The van der Waals surface area contributed by atoms with Crippen molar-refractivity contribution in [3.8, 4) is 0 Å². The van der Waals surface area contributed by atoms with Gasteiger partial charge in [-0.25, -0.2) is 4.57 Å². The van der Waals surface area contributed by atoms with E-state index < -0.39 is 13.9 Å². The maximum absolute atomic E-state index is 11.8. The van der Waals surface area contributed by atoms with Crippen molar-refractivity contribution in [2.24, 2.45) is 0 Å². The van der Waals surface area contributed by atoms with Crippen LogP contribution in [-0.4, -0.2) is 74.7 Å². The highest BCUT2D eigenvalue weighted by Crippen LogP contribution is 2.43. The van der Waals surface area contributed by atoms with Crippen LogP contribution in [0.1, 0.15) is 110 Å². The Morgan fingerprint density at radius 3 is 1.56 bits per heavy atom. The van der Waals surface area contributed by atoms with Crippen molar-refractivity contribution < 1.29 is 32.8 Å². The molecule has 0 fully saturated rings. The van der Waals surface area contributed by atoms with Gasteiger partial charge < -0.3 is 19.2 Å². The van der Waals surface area contributed by atoms with Gasteiger partial charge in [-0.1, -0.05) is 103 Å². The van der Waals surface area contributed by atoms with Crippen LogP contribution in [-0.2, 0) is 18.3 Å². The van der Waals surface area contributed by atoms with E-state index in [9.17, 15) is 14.6 Å². The molecule has 7 nitrogen and oxygen atoms in total. The van der Waals surface area contributed by atoms with E-state index in [1.807, 2.05) is 21.1 Å². The first kappa shape index (κ1) is 34.0. The molecule has 206 valence electrons. The first-order valence-corrected chi connectivity index (χ1v) is 15.3. The molecule has 0 bridgehead atoms. The molecule has 0 saturated heterocycles. The Labute approximate surface area is 210 Å². The third kappa shape index (κ3) is 26.6. The summed E-state index contributed by atoms with van der Waals surface area (Å²) < 4.78 is 27.6. The number of hydrogen-bond donors (Lipinski definition) is 2. The lowest BCUT2D eigenvalue weighted by atomic mass is 10.0. The Morgan fingerprint density at radius 2 is 1.12 bits per heavy atom. The predicted octanol–water partition coefficient (Wildman–Crippen LogP) is 6.47. The summed E-state index contributed by atoms with van der Waals surface area (Å²) in [5.74, 6) is 0. The Bertz CT molecular complexity index is 486. The molecular weight excluding hydrogens is 453 g/mol. The molecule has 0 aliphatic rings. The summed E-state index contributed by atoms with van der Waals surface area (Å²) in [7, 11) is 1.76. The second kappa shape index (κ2) is 22.2. The van der Waals surface area contributed by atoms with E-state index in [2.05, 4.69) is 6.92 Å². The largest absolute Gasteiger partial charge is 0.472 e. The quantitative estimate of drug-likeness (QED) is 0.0788. The summed E-state index contributed by atoms with van der Waals surface area (Å²) in [4.78, 5) is 9.64. The van der Waals surface area contributed by atoms with Gasteiger partial charge >= 0.3 is 7.82 Å². The van der Waals surface area contributed by atoms with Crippen LogP contribution in [0.2, 0.25) is 0 Å². The van der Waals surface area contributed by atoms with Gasteiger partial charge in [-0.3, -0.25) is 9.05 Å². The molecular formula is C26H57NO6P+. The van der Waals surface area contributed by atoms with Crippen molar-refractivity contribution in [2.45, 2.75) is 116 Å². The number of quaternary nitrogens is 1. The molecule has 0 amide bonds. The molecule has 0 aromatic rings. The highest BCUT2D eigenvalue weighted by Gasteiger charge is 2.24. The summed E-state index contributed by atoms with van der Waals surface area (Å²) in [6, 6.07) is 0. The minimum Gasteiger partial charge on any atom is -0.388 e. The van der Waals surface area contributed by atoms with E-state index in [4.69, 9.17) is 13.8 Å². The number of phosphoric acid groups is 1.